The average molecular weight is 384 g/mol. The van der Waals surface area contributed by atoms with Crippen molar-refractivity contribution in [3.05, 3.63) is 39.1 Å². The highest BCUT2D eigenvalue weighted by molar-refractivity contribution is 5.88. The van der Waals surface area contributed by atoms with Crippen molar-refractivity contribution in [3.8, 4) is 5.88 Å². The van der Waals surface area contributed by atoms with Crippen molar-refractivity contribution in [1.82, 2.24) is 29.9 Å². The highest BCUT2D eigenvalue weighted by Gasteiger charge is 2.20. The summed E-state index contributed by atoms with van der Waals surface area (Å²) in [6, 6.07) is 1.51. The maximum Gasteiger partial charge on any atom is 0.326 e. The molecule has 0 aromatic carbocycles. The fraction of sp³-hybridized carbons (Fsp3) is 0.353. The fourth-order valence-corrected chi connectivity index (χ4v) is 2.67. The minimum absolute atomic E-state index is 0.0217. The first-order chi connectivity index (χ1) is 13.4. The largest absolute Gasteiger partial charge is 0.493 e. The molecule has 2 amide bonds. The van der Waals surface area contributed by atoms with Gasteiger partial charge in [-0.1, -0.05) is 0 Å². The number of hydrogen-bond acceptors (Lipinski definition) is 6. The van der Waals surface area contributed by atoms with Crippen LogP contribution in [0.2, 0.25) is 0 Å². The molecule has 3 heterocycles. The Morgan fingerprint density at radius 3 is 2.86 bits per heavy atom. The van der Waals surface area contributed by atoms with Crippen molar-refractivity contribution in [3.63, 3.8) is 0 Å². The standard InChI is InChI=1S/C17H20N8O3/c1-8(2)19-16(27)23-12-6-13(20-10-3-4-10)25-14(22-12)9(7-18-25)5-11-15(26)24-17(28)21-11/h5-8,10,26H,3-4H2,1-2H3,(H2,19,23,27)(H2,21,24,28). The molecule has 1 fully saturated rings. The Balaban J connectivity index is 1.84. The van der Waals surface area contributed by atoms with E-state index in [1.165, 1.54) is 0 Å². The van der Waals surface area contributed by atoms with Crippen molar-refractivity contribution in [2.45, 2.75) is 38.8 Å². The molecule has 1 saturated carbocycles. The second-order valence-corrected chi connectivity index (χ2v) is 6.93. The number of H-pyrrole nitrogens is 2. The Morgan fingerprint density at radius 1 is 1.43 bits per heavy atom. The Labute approximate surface area is 158 Å². The molecule has 0 saturated heterocycles. The van der Waals surface area contributed by atoms with Gasteiger partial charge in [-0.3, -0.25) is 15.3 Å². The lowest BCUT2D eigenvalue weighted by Crippen LogP contribution is -2.35. The van der Waals surface area contributed by atoms with Gasteiger partial charge >= 0.3 is 11.7 Å². The van der Waals surface area contributed by atoms with Crippen molar-refractivity contribution in [1.29, 1.82) is 0 Å². The van der Waals surface area contributed by atoms with Gasteiger partial charge in [-0.15, -0.1) is 0 Å². The molecule has 3 aromatic heterocycles. The molecule has 0 atom stereocenters. The van der Waals surface area contributed by atoms with Crippen LogP contribution in [0.15, 0.2) is 22.1 Å². The minimum Gasteiger partial charge on any atom is -0.493 e. The number of urea groups is 1. The highest BCUT2D eigenvalue weighted by Crippen LogP contribution is 2.22. The van der Waals surface area contributed by atoms with Crippen molar-refractivity contribution < 1.29 is 9.90 Å². The van der Waals surface area contributed by atoms with E-state index in [1.807, 2.05) is 13.8 Å². The number of anilines is 1. The van der Waals surface area contributed by atoms with E-state index < -0.39 is 5.69 Å². The van der Waals surface area contributed by atoms with Gasteiger partial charge in [-0.25, -0.2) is 14.6 Å². The number of nitrogens with one attached hydrogen (secondary N) is 4. The molecular weight excluding hydrogens is 364 g/mol. The van der Waals surface area contributed by atoms with Gasteiger partial charge in [0.2, 0.25) is 5.88 Å². The number of hydrogen-bond donors (Lipinski definition) is 5. The summed E-state index contributed by atoms with van der Waals surface area (Å²) in [5.41, 5.74) is 0.686. The number of fused-ring (bicyclic) bond motifs is 1. The smallest absolute Gasteiger partial charge is 0.326 e. The molecule has 3 aromatic rings. The minimum atomic E-state index is -0.523. The Morgan fingerprint density at radius 2 is 2.21 bits per heavy atom. The number of amides is 2. The second-order valence-electron chi connectivity index (χ2n) is 6.93. The quantitative estimate of drug-likeness (QED) is 0.414. The molecule has 0 bridgehead atoms. The lowest BCUT2D eigenvalue weighted by molar-refractivity contribution is 0.250. The summed E-state index contributed by atoms with van der Waals surface area (Å²) in [7, 11) is 0. The lowest BCUT2D eigenvalue weighted by atomic mass is 10.3. The molecule has 28 heavy (non-hydrogen) atoms. The van der Waals surface area contributed by atoms with Crippen LogP contribution in [0, 0.1) is 0 Å². The van der Waals surface area contributed by atoms with Gasteiger partial charge < -0.3 is 15.4 Å². The molecule has 0 aliphatic heterocycles. The van der Waals surface area contributed by atoms with E-state index in [2.05, 4.69) is 35.7 Å². The number of aromatic hydroxyl groups is 1. The van der Waals surface area contributed by atoms with Gasteiger partial charge in [-0.2, -0.15) is 9.61 Å². The van der Waals surface area contributed by atoms with Gasteiger partial charge in [0.05, 0.1) is 12.2 Å². The van der Waals surface area contributed by atoms with E-state index in [0.29, 0.717) is 22.2 Å². The molecule has 1 aliphatic carbocycles. The van der Waals surface area contributed by atoms with Crippen LogP contribution >= 0.6 is 0 Å². The second kappa shape index (κ2) is 6.83. The molecule has 0 spiro atoms. The SMILES string of the molecule is CC(C)NC(=O)Nc1cc(=NC2CC2)n2ncc(=Cc3[nH]c(=O)[nH]c3O)c2n1. The van der Waals surface area contributed by atoms with E-state index in [0.717, 1.165) is 12.8 Å². The van der Waals surface area contributed by atoms with Crippen molar-refractivity contribution in [2.75, 3.05) is 5.32 Å². The average Bonchev–Trinajstić information content (AvgIpc) is 3.23. The zero-order chi connectivity index (χ0) is 19.8. The maximum absolute atomic E-state index is 12.1. The van der Waals surface area contributed by atoms with E-state index in [4.69, 9.17) is 0 Å². The van der Waals surface area contributed by atoms with E-state index >= 15 is 0 Å². The summed E-state index contributed by atoms with van der Waals surface area (Å²) in [6.07, 6.45) is 5.12. The summed E-state index contributed by atoms with van der Waals surface area (Å²) in [5.74, 6) is 0.0461. The normalized spacial score (nSPS) is 15.5. The molecule has 11 heteroatoms. The maximum atomic E-state index is 12.1. The Hall–Kier alpha value is -3.63. The predicted molar refractivity (Wildman–Crippen MR) is 101 cm³/mol. The van der Waals surface area contributed by atoms with Crippen LogP contribution < -0.4 is 27.0 Å². The van der Waals surface area contributed by atoms with Crippen molar-refractivity contribution in [2.24, 2.45) is 4.99 Å². The zero-order valence-electron chi connectivity index (χ0n) is 15.4. The van der Waals surface area contributed by atoms with Crippen LogP contribution in [0.5, 0.6) is 5.88 Å². The number of rotatable bonds is 4. The number of carbonyl (C=O) groups is 1. The molecule has 5 N–H and O–H groups in total. The molecule has 11 nitrogen and oxygen atoms in total. The van der Waals surface area contributed by atoms with Gasteiger partial charge in [0.1, 0.15) is 11.5 Å². The van der Waals surface area contributed by atoms with Crippen LogP contribution in [0.25, 0.3) is 11.7 Å². The number of aromatic nitrogens is 5. The Bertz CT molecular complexity index is 1220. The summed E-state index contributed by atoms with van der Waals surface area (Å²) < 4.78 is 1.57. The first kappa shape index (κ1) is 17.8. The number of nitrogens with zero attached hydrogens (tertiary/aromatic N) is 4. The first-order valence-electron chi connectivity index (χ1n) is 8.92. The Kier molecular flexibility index (Phi) is 4.34. The number of aromatic amines is 2. The third-order valence-corrected chi connectivity index (χ3v) is 4.04. The van der Waals surface area contributed by atoms with E-state index in [-0.39, 0.29) is 29.7 Å². The highest BCUT2D eigenvalue weighted by atomic mass is 16.3. The van der Waals surface area contributed by atoms with Gasteiger partial charge in [-0.05, 0) is 32.8 Å². The number of carbonyl (C=O) groups excluding carboxylic acids is 1. The summed E-state index contributed by atoms with van der Waals surface area (Å²) in [5, 5.41) is 20.1. The van der Waals surface area contributed by atoms with E-state index in [9.17, 15) is 14.7 Å². The predicted octanol–water partition coefficient (Wildman–Crippen LogP) is -0.408. The van der Waals surface area contributed by atoms with Gasteiger partial charge in [0.15, 0.2) is 11.1 Å². The van der Waals surface area contributed by atoms with Crippen molar-refractivity contribution >= 4 is 23.6 Å². The molecule has 1 aliphatic rings. The van der Waals surface area contributed by atoms with Crippen LogP contribution in [-0.4, -0.2) is 47.8 Å². The third kappa shape index (κ3) is 3.72. The van der Waals surface area contributed by atoms with Crippen LogP contribution in [0.3, 0.4) is 0 Å². The number of imidazole rings is 1. The summed E-state index contributed by atoms with van der Waals surface area (Å²) in [4.78, 5) is 37.2. The summed E-state index contributed by atoms with van der Waals surface area (Å²) in [6.45, 7) is 3.72. The lowest BCUT2D eigenvalue weighted by Gasteiger charge is -2.09. The van der Waals surface area contributed by atoms with Crippen LogP contribution in [0.4, 0.5) is 10.6 Å². The third-order valence-electron chi connectivity index (χ3n) is 4.04. The zero-order valence-corrected chi connectivity index (χ0v) is 15.4. The van der Waals surface area contributed by atoms with E-state index in [1.54, 1.807) is 22.9 Å². The van der Waals surface area contributed by atoms with Gasteiger partial charge in [0.25, 0.3) is 0 Å². The molecule has 0 radical (unpaired) electrons. The molecular formula is C17H20N8O3. The van der Waals surface area contributed by atoms with Crippen LogP contribution in [0.1, 0.15) is 32.4 Å². The molecule has 4 rings (SSSR count). The summed E-state index contributed by atoms with van der Waals surface area (Å²) >= 11 is 0. The fourth-order valence-electron chi connectivity index (χ4n) is 2.67. The van der Waals surface area contributed by atoms with Gasteiger partial charge in [0, 0.05) is 17.3 Å². The molecule has 0 unspecified atom stereocenters. The monoisotopic (exact) mass is 384 g/mol. The molecule has 146 valence electrons. The van der Waals surface area contributed by atoms with Crippen LogP contribution in [-0.2, 0) is 0 Å². The first-order valence-corrected chi connectivity index (χ1v) is 8.92. The topological polar surface area (TPSA) is 153 Å².